The van der Waals surface area contributed by atoms with Crippen molar-refractivity contribution in [2.45, 2.75) is 32.3 Å². The highest BCUT2D eigenvalue weighted by Gasteiger charge is 2.42. The Labute approximate surface area is 184 Å². The highest BCUT2D eigenvalue weighted by atomic mass is 19.4. The Morgan fingerprint density at radius 1 is 1.18 bits per heavy atom. The Kier molecular flexibility index (Phi) is 6.44. The van der Waals surface area contributed by atoms with Crippen molar-refractivity contribution in [3.8, 4) is 11.4 Å². The number of allylic oxidation sites excluding steroid dienone is 4. The fourth-order valence-corrected chi connectivity index (χ4v) is 3.03. The van der Waals surface area contributed by atoms with Crippen molar-refractivity contribution in [3.05, 3.63) is 66.4 Å². The summed E-state index contributed by atoms with van der Waals surface area (Å²) in [7, 11) is 1.85. The van der Waals surface area contributed by atoms with E-state index in [0.29, 0.717) is 18.6 Å². The first-order chi connectivity index (χ1) is 15.3. The van der Waals surface area contributed by atoms with Gasteiger partial charge in [-0.2, -0.15) is 31.3 Å². The van der Waals surface area contributed by atoms with E-state index >= 15 is 0 Å². The molecule has 0 saturated carbocycles. The van der Waals surface area contributed by atoms with E-state index in [0.717, 1.165) is 23.9 Å². The Hall–Kier alpha value is -3.50. The fraction of sp³-hybridized carbons (Fsp3) is 0.273. The average Bonchev–Trinajstić information content (AvgIpc) is 3.36. The van der Waals surface area contributed by atoms with E-state index in [1.165, 1.54) is 0 Å². The summed E-state index contributed by atoms with van der Waals surface area (Å²) in [5, 5.41) is 4.62. The number of fused-ring (bicyclic) bond motifs is 1. The lowest BCUT2D eigenvalue weighted by Gasteiger charge is -2.22. The zero-order valence-electron chi connectivity index (χ0n) is 17.8. The maximum Gasteiger partial charge on any atom is 0.425 e. The number of aromatic nitrogens is 3. The van der Waals surface area contributed by atoms with Gasteiger partial charge in [-0.25, -0.2) is 0 Å². The van der Waals surface area contributed by atoms with Gasteiger partial charge in [-0.05, 0) is 38.1 Å². The normalized spacial score (nSPS) is 14.6. The molecule has 0 spiro atoms. The molecule has 176 valence electrons. The molecule has 1 unspecified atom stereocenters. The van der Waals surface area contributed by atoms with Crippen LogP contribution in [-0.2, 0) is 11.8 Å². The molecule has 2 heterocycles. The zero-order chi connectivity index (χ0) is 24.6. The molecule has 0 radical (unpaired) electrons. The summed E-state index contributed by atoms with van der Waals surface area (Å²) < 4.78 is 90.9. The third-order valence-electron chi connectivity index (χ3n) is 4.79. The van der Waals surface area contributed by atoms with Gasteiger partial charge in [0.25, 0.3) is 5.89 Å². The highest BCUT2D eigenvalue weighted by Crippen LogP contribution is 2.36. The van der Waals surface area contributed by atoms with Gasteiger partial charge in [-0.1, -0.05) is 23.9 Å². The first-order valence-corrected chi connectivity index (χ1v) is 9.59. The Morgan fingerprint density at radius 2 is 1.88 bits per heavy atom. The van der Waals surface area contributed by atoms with Crippen LogP contribution < -0.4 is 0 Å². The molecule has 5 nitrogen and oxygen atoms in total. The van der Waals surface area contributed by atoms with Gasteiger partial charge in [0.2, 0.25) is 5.82 Å². The molecule has 0 bridgehead atoms. The minimum absolute atomic E-state index is 0.123. The van der Waals surface area contributed by atoms with Crippen LogP contribution in [0.4, 0.5) is 26.3 Å². The maximum absolute atomic E-state index is 13.6. The van der Waals surface area contributed by atoms with Crippen LogP contribution in [0.25, 0.3) is 27.9 Å². The number of rotatable bonds is 6. The van der Waals surface area contributed by atoms with Crippen molar-refractivity contribution in [2.75, 3.05) is 0 Å². The minimum Gasteiger partial charge on any atom is -0.481 e. The van der Waals surface area contributed by atoms with Crippen LogP contribution >= 0.6 is 0 Å². The smallest absolute Gasteiger partial charge is 0.425 e. The van der Waals surface area contributed by atoms with Gasteiger partial charge >= 0.3 is 12.4 Å². The number of alkyl halides is 6. The van der Waals surface area contributed by atoms with Gasteiger partial charge in [0.1, 0.15) is 5.76 Å². The topological polar surface area (TPSA) is 53.1 Å². The molecule has 1 aromatic carbocycles. The molecule has 3 rings (SSSR count). The van der Waals surface area contributed by atoms with Crippen LogP contribution in [0.5, 0.6) is 0 Å². The van der Waals surface area contributed by atoms with Crippen LogP contribution in [0.1, 0.15) is 19.7 Å². The zero-order valence-corrected chi connectivity index (χ0v) is 17.8. The lowest BCUT2D eigenvalue weighted by atomic mass is 10.1. The van der Waals surface area contributed by atoms with Gasteiger partial charge in [0.15, 0.2) is 6.10 Å². The van der Waals surface area contributed by atoms with Crippen molar-refractivity contribution >= 4 is 16.5 Å². The molecule has 0 aliphatic rings. The quantitative estimate of drug-likeness (QED) is 0.231. The average molecular weight is 471 g/mol. The number of benzene rings is 1. The lowest BCUT2D eigenvalue weighted by Crippen LogP contribution is -2.30. The van der Waals surface area contributed by atoms with Crippen LogP contribution in [-0.4, -0.2) is 33.2 Å². The van der Waals surface area contributed by atoms with Crippen LogP contribution in [0.3, 0.4) is 0 Å². The van der Waals surface area contributed by atoms with Gasteiger partial charge < -0.3 is 13.8 Å². The van der Waals surface area contributed by atoms with E-state index in [4.69, 9.17) is 4.52 Å². The Bertz CT molecular complexity index is 1230. The molecule has 33 heavy (non-hydrogen) atoms. The molecule has 0 saturated heterocycles. The molecule has 0 aliphatic heterocycles. The number of halogens is 6. The van der Waals surface area contributed by atoms with E-state index in [1.54, 1.807) is 12.1 Å². The van der Waals surface area contributed by atoms with Crippen molar-refractivity contribution in [1.82, 2.24) is 14.7 Å². The number of nitrogens with zero attached hydrogens (tertiary/aromatic N) is 3. The molecule has 0 N–H and O–H groups in total. The number of hydrogen-bond acceptors (Lipinski definition) is 4. The summed E-state index contributed by atoms with van der Waals surface area (Å²) in [6, 6.07) is 7.19. The van der Waals surface area contributed by atoms with Gasteiger partial charge in [-0.3, -0.25) is 0 Å². The fourth-order valence-electron chi connectivity index (χ4n) is 3.03. The summed E-state index contributed by atoms with van der Waals surface area (Å²) in [4.78, 5) is 4.12. The van der Waals surface area contributed by atoms with E-state index < -0.39 is 29.8 Å². The summed E-state index contributed by atoms with van der Waals surface area (Å²) in [6.45, 7) is 5.26. The van der Waals surface area contributed by atoms with E-state index in [9.17, 15) is 26.3 Å². The summed E-state index contributed by atoms with van der Waals surface area (Å²) in [5.41, 5.74) is -0.335. The molecule has 2 aromatic heterocycles. The monoisotopic (exact) mass is 471 g/mol. The first kappa shape index (κ1) is 24.1. The van der Waals surface area contributed by atoms with Crippen molar-refractivity contribution in [3.63, 3.8) is 0 Å². The molecule has 0 amide bonds. The molecular formula is C22H19F6N3O2. The molecule has 0 aliphatic carbocycles. The number of ether oxygens (including phenoxy) is 1. The standard InChI is InChI=1S/C22H19F6N3O2/c1-5-18(32-13(3)21(23,24)25)16(22(26,27)28)11-12(2)20-29-19(30-33-20)15-7-6-8-17-14(15)9-10-31(17)4/h5-11,13H,2H2,1,3-4H3/b16-11+,18-5+. The van der Waals surface area contributed by atoms with Gasteiger partial charge in [0.05, 0.1) is 5.57 Å². The van der Waals surface area contributed by atoms with Crippen molar-refractivity contribution in [2.24, 2.45) is 7.05 Å². The molecule has 0 fully saturated rings. The number of hydrogen-bond donors (Lipinski definition) is 0. The molecule has 1 atom stereocenters. The Balaban J connectivity index is 1.96. The second kappa shape index (κ2) is 8.80. The van der Waals surface area contributed by atoms with E-state index in [-0.39, 0.29) is 17.3 Å². The predicted octanol–water partition coefficient (Wildman–Crippen LogP) is 6.60. The SMILES string of the molecule is C=C(/C=C(\C(=C/C)OC(C)C(F)(F)F)C(F)(F)F)c1nc(-c2cccc3c2ccn3C)no1. The summed E-state index contributed by atoms with van der Waals surface area (Å²) in [6.07, 6.45) is -9.20. The third-order valence-corrected chi connectivity index (χ3v) is 4.79. The first-order valence-electron chi connectivity index (χ1n) is 9.59. The van der Waals surface area contributed by atoms with Crippen LogP contribution in [0.2, 0.25) is 0 Å². The molecular weight excluding hydrogens is 452 g/mol. The van der Waals surface area contributed by atoms with Crippen molar-refractivity contribution < 1.29 is 35.6 Å². The lowest BCUT2D eigenvalue weighted by molar-refractivity contribution is -0.204. The second-order valence-electron chi connectivity index (χ2n) is 7.12. The predicted molar refractivity (Wildman–Crippen MR) is 110 cm³/mol. The molecule has 11 heteroatoms. The van der Waals surface area contributed by atoms with Crippen LogP contribution in [0, 0.1) is 0 Å². The largest absolute Gasteiger partial charge is 0.481 e. The maximum atomic E-state index is 13.6. The van der Waals surface area contributed by atoms with E-state index in [1.807, 2.05) is 29.9 Å². The van der Waals surface area contributed by atoms with Crippen LogP contribution in [0.15, 0.2) is 65.0 Å². The van der Waals surface area contributed by atoms with Crippen molar-refractivity contribution in [1.29, 1.82) is 0 Å². The highest BCUT2D eigenvalue weighted by molar-refractivity contribution is 5.93. The summed E-state index contributed by atoms with van der Waals surface area (Å²) in [5.74, 6) is -1.20. The van der Waals surface area contributed by atoms with Gasteiger partial charge in [-0.15, -0.1) is 0 Å². The van der Waals surface area contributed by atoms with E-state index in [2.05, 4.69) is 21.5 Å². The second-order valence-corrected chi connectivity index (χ2v) is 7.12. The molecule has 3 aromatic rings. The number of aryl methyl sites for hydroxylation is 1. The minimum atomic E-state index is -5.03. The van der Waals surface area contributed by atoms with Gasteiger partial charge in [0, 0.05) is 35.3 Å². The Morgan fingerprint density at radius 3 is 2.48 bits per heavy atom. The summed E-state index contributed by atoms with van der Waals surface area (Å²) >= 11 is 0. The third kappa shape index (κ3) is 5.12.